The van der Waals surface area contributed by atoms with Crippen LogP contribution >= 0.6 is 0 Å². The van der Waals surface area contributed by atoms with E-state index in [0.29, 0.717) is 0 Å². The standard InChI is InChI=1S/C20H22FN5O3S/c1-3-25(4-2)30(28,29)17-9-10-19(21)18(11-17)20(27)23-12-15-5-7-16(8-6-15)26-14-22-13-24-26/h5-11,13-14H,3-4,12H2,1-2H3,(H,23,27). The van der Waals surface area contributed by atoms with Crippen LogP contribution < -0.4 is 5.32 Å². The fourth-order valence-electron chi connectivity index (χ4n) is 2.94. The molecule has 0 aliphatic carbocycles. The van der Waals surface area contributed by atoms with E-state index in [9.17, 15) is 17.6 Å². The molecule has 1 heterocycles. The minimum Gasteiger partial charge on any atom is -0.348 e. The Morgan fingerprint density at radius 1 is 1.13 bits per heavy atom. The fourth-order valence-corrected chi connectivity index (χ4v) is 4.42. The van der Waals surface area contributed by atoms with E-state index < -0.39 is 21.7 Å². The monoisotopic (exact) mass is 431 g/mol. The van der Waals surface area contributed by atoms with Crippen LogP contribution in [0.15, 0.2) is 60.0 Å². The fraction of sp³-hybridized carbons (Fsp3) is 0.250. The summed E-state index contributed by atoms with van der Waals surface area (Å²) in [5, 5.41) is 6.66. The average Bonchev–Trinajstić information content (AvgIpc) is 3.28. The Morgan fingerprint density at radius 2 is 1.83 bits per heavy atom. The number of carbonyl (C=O) groups excluding carboxylic acids is 1. The number of rotatable bonds is 8. The van der Waals surface area contributed by atoms with Crippen molar-refractivity contribution in [3.05, 3.63) is 72.1 Å². The molecular formula is C20H22FN5O3S. The highest BCUT2D eigenvalue weighted by molar-refractivity contribution is 7.89. The Kier molecular flexibility index (Phi) is 6.58. The number of nitrogens with zero attached hydrogens (tertiary/aromatic N) is 4. The van der Waals surface area contributed by atoms with Crippen molar-refractivity contribution in [1.29, 1.82) is 0 Å². The van der Waals surface area contributed by atoms with Gasteiger partial charge in [0.05, 0.1) is 16.1 Å². The molecule has 1 N–H and O–H groups in total. The van der Waals surface area contributed by atoms with Gasteiger partial charge in [-0.25, -0.2) is 22.5 Å². The highest BCUT2D eigenvalue weighted by Gasteiger charge is 2.24. The summed E-state index contributed by atoms with van der Waals surface area (Å²) in [7, 11) is -3.79. The van der Waals surface area contributed by atoms with Gasteiger partial charge >= 0.3 is 0 Å². The summed E-state index contributed by atoms with van der Waals surface area (Å²) in [5.74, 6) is -1.48. The van der Waals surface area contributed by atoms with Crippen LogP contribution in [-0.2, 0) is 16.6 Å². The first-order valence-corrected chi connectivity index (χ1v) is 10.8. The van der Waals surface area contributed by atoms with Crippen LogP contribution in [-0.4, -0.2) is 46.5 Å². The van der Waals surface area contributed by atoms with Crippen molar-refractivity contribution >= 4 is 15.9 Å². The molecule has 30 heavy (non-hydrogen) atoms. The molecule has 3 aromatic rings. The number of carbonyl (C=O) groups is 1. The first-order chi connectivity index (χ1) is 14.4. The second kappa shape index (κ2) is 9.14. The van der Waals surface area contributed by atoms with Crippen molar-refractivity contribution in [3.63, 3.8) is 0 Å². The maximum Gasteiger partial charge on any atom is 0.254 e. The maximum atomic E-state index is 14.2. The van der Waals surface area contributed by atoms with Gasteiger partial charge in [0.25, 0.3) is 5.91 Å². The van der Waals surface area contributed by atoms with Gasteiger partial charge in [-0.05, 0) is 35.9 Å². The van der Waals surface area contributed by atoms with Gasteiger partial charge in [-0.15, -0.1) is 0 Å². The molecule has 0 aliphatic heterocycles. The average molecular weight is 431 g/mol. The summed E-state index contributed by atoms with van der Waals surface area (Å²) in [6, 6.07) is 10.5. The number of nitrogens with one attached hydrogen (secondary N) is 1. The minimum atomic E-state index is -3.79. The van der Waals surface area contributed by atoms with Crippen LogP contribution in [0.5, 0.6) is 0 Å². The first-order valence-electron chi connectivity index (χ1n) is 9.38. The zero-order valence-electron chi connectivity index (χ0n) is 16.6. The smallest absolute Gasteiger partial charge is 0.254 e. The third kappa shape index (κ3) is 4.55. The van der Waals surface area contributed by atoms with Crippen molar-refractivity contribution in [2.24, 2.45) is 0 Å². The van der Waals surface area contributed by atoms with E-state index in [1.54, 1.807) is 37.0 Å². The SMILES string of the molecule is CCN(CC)S(=O)(=O)c1ccc(F)c(C(=O)NCc2ccc(-n3cncn3)cc2)c1. The second-order valence-electron chi connectivity index (χ2n) is 6.42. The summed E-state index contributed by atoms with van der Waals surface area (Å²) < 4.78 is 42.4. The Labute approximate surface area is 174 Å². The van der Waals surface area contributed by atoms with Gasteiger partial charge in [0.1, 0.15) is 18.5 Å². The van der Waals surface area contributed by atoms with Crippen molar-refractivity contribution < 1.29 is 17.6 Å². The van der Waals surface area contributed by atoms with Gasteiger partial charge < -0.3 is 5.32 Å². The van der Waals surface area contributed by atoms with E-state index >= 15 is 0 Å². The lowest BCUT2D eigenvalue weighted by atomic mass is 10.1. The molecule has 0 fully saturated rings. The molecular weight excluding hydrogens is 409 g/mol. The molecule has 0 bridgehead atoms. The quantitative estimate of drug-likeness (QED) is 0.591. The van der Waals surface area contributed by atoms with E-state index in [2.05, 4.69) is 15.4 Å². The van der Waals surface area contributed by atoms with E-state index in [1.807, 2.05) is 12.1 Å². The maximum absolute atomic E-state index is 14.2. The van der Waals surface area contributed by atoms with Gasteiger partial charge in [-0.1, -0.05) is 26.0 Å². The number of sulfonamides is 1. The van der Waals surface area contributed by atoms with Crippen LogP contribution in [0.2, 0.25) is 0 Å². The summed E-state index contributed by atoms with van der Waals surface area (Å²) in [6.45, 7) is 4.15. The molecule has 0 radical (unpaired) electrons. The molecule has 0 atom stereocenters. The van der Waals surface area contributed by atoms with Gasteiger partial charge in [0, 0.05) is 19.6 Å². The third-order valence-corrected chi connectivity index (χ3v) is 6.64. The number of aromatic nitrogens is 3. The van der Waals surface area contributed by atoms with Gasteiger partial charge in [0.2, 0.25) is 10.0 Å². The zero-order valence-corrected chi connectivity index (χ0v) is 17.4. The van der Waals surface area contributed by atoms with Crippen LogP contribution in [0.3, 0.4) is 0 Å². The number of hydrogen-bond acceptors (Lipinski definition) is 5. The van der Waals surface area contributed by atoms with Crippen molar-refractivity contribution in [1.82, 2.24) is 24.4 Å². The molecule has 0 saturated carbocycles. The van der Waals surface area contributed by atoms with Crippen LogP contribution in [0.1, 0.15) is 29.8 Å². The zero-order chi connectivity index (χ0) is 21.7. The third-order valence-electron chi connectivity index (χ3n) is 4.60. The Hall–Kier alpha value is -3.11. The van der Waals surface area contributed by atoms with Gasteiger partial charge in [-0.3, -0.25) is 4.79 Å². The molecule has 3 rings (SSSR count). The summed E-state index contributed by atoms with van der Waals surface area (Å²) >= 11 is 0. The van der Waals surface area contributed by atoms with Crippen molar-refractivity contribution in [2.45, 2.75) is 25.3 Å². The number of benzene rings is 2. The molecule has 1 aromatic heterocycles. The second-order valence-corrected chi connectivity index (χ2v) is 8.36. The first kappa shape index (κ1) is 21.6. The molecule has 8 nitrogen and oxygen atoms in total. The van der Waals surface area contributed by atoms with E-state index in [0.717, 1.165) is 23.4 Å². The highest BCUT2D eigenvalue weighted by atomic mass is 32.2. The Balaban J connectivity index is 1.74. The minimum absolute atomic E-state index is 0.116. The summed E-state index contributed by atoms with van der Waals surface area (Å²) in [5.41, 5.74) is 1.28. The number of amides is 1. The van der Waals surface area contributed by atoms with Gasteiger partial charge in [0.15, 0.2) is 0 Å². The Bertz CT molecular complexity index is 1110. The van der Waals surface area contributed by atoms with E-state index in [4.69, 9.17) is 0 Å². The predicted molar refractivity (Wildman–Crippen MR) is 109 cm³/mol. The lowest BCUT2D eigenvalue weighted by Gasteiger charge is -2.19. The molecule has 158 valence electrons. The van der Waals surface area contributed by atoms with E-state index in [-0.39, 0.29) is 30.1 Å². The predicted octanol–water partition coefficient (Wildman–Crippen LogP) is 2.37. The lowest BCUT2D eigenvalue weighted by Crippen LogP contribution is -2.31. The van der Waals surface area contributed by atoms with Crippen molar-refractivity contribution in [3.8, 4) is 5.69 Å². The molecule has 0 spiro atoms. The van der Waals surface area contributed by atoms with Crippen molar-refractivity contribution in [2.75, 3.05) is 13.1 Å². The summed E-state index contributed by atoms with van der Waals surface area (Å²) in [4.78, 5) is 16.3. The number of hydrogen-bond donors (Lipinski definition) is 1. The van der Waals surface area contributed by atoms with Crippen LogP contribution in [0.25, 0.3) is 5.69 Å². The van der Waals surface area contributed by atoms with Gasteiger partial charge in [-0.2, -0.15) is 9.40 Å². The largest absolute Gasteiger partial charge is 0.348 e. The van der Waals surface area contributed by atoms with E-state index in [1.165, 1.54) is 16.7 Å². The Morgan fingerprint density at radius 3 is 2.43 bits per heavy atom. The molecule has 2 aromatic carbocycles. The molecule has 1 amide bonds. The highest BCUT2D eigenvalue weighted by Crippen LogP contribution is 2.19. The van der Waals surface area contributed by atoms with Crippen LogP contribution in [0, 0.1) is 5.82 Å². The molecule has 0 aliphatic rings. The topological polar surface area (TPSA) is 97.2 Å². The molecule has 10 heteroatoms. The lowest BCUT2D eigenvalue weighted by molar-refractivity contribution is 0.0946. The van der Waals surface area contributed by atoms with Crippen LogP contribution in [0.4, 0.5) is 4.39 Å². The molecule has 0 saturated heterocycles. The molecule has 0 unspecified atom stereocenters. The normalized spacial score (nSPS) is 11.6. The summed E-state index contributed by atoms with van der Waals surface area (Å²) in [6.07, 6.45) is 3.00. The number of halogens is 1.